The highest BCUT2D eigenvalue weighted by Gasteiger charge is 2.78. The van der Waals surface area contributed by atoms with Gasteiger partial charge in [0.15, 0.2) is 0 Å². The molecule has 1 N–H and O–H groups in total. The maximum absolute atomic E-state index is 12.2. The van der Waals surface area contributed by atoms with Crippen LogP contribution in [0.15, 0.2) is 29.0 Å². The number of carbonyl (C=O) groups excluding carboxylic acids is 1. The van der Waals surface area contributed by atoms with E-state index in [2.05, 4.69) is 24.2 Å². The monoisotopic (exact) mass is 381 g/mol. The molecule has 6 rings (SSSR count). The van der Waals surface area contributed by atoms with Crippen LogP contribution in [0.4, 0.5) is 0 Å². The van der Waals surface area contributed by atoms with Crippen LogP contribution in [0.1, 0.15) is 71.1 Å². The van der Waals surface area contributed by atoms with Gasteiger partial charge in [0.25, 0.3) is 0 Å². The van der Waals surface area contributed by atoms with Crippen molar-refractivity contribution in [2.75, 3.05) is 0 Å². The third kappa shape index (κ3) is 1.88. The first kappa shape index (κ1) is 17.3. The van der Waals surface area contributed by atoms with Gasteiger partial charge < -0.3 is 9.94 Å². The van der Waals surface area contributed by atoms with Crippen molar-refractivity contribution >= 4 is 11.7 Å². The minimum atomic E-state index is -0.319. The van der Waals surface area contributed by atoms with E-state index in [4.69, 9.17) is 4.74 Å². The molecule has 0 amide bonds. The SMILES string of the molecule is CC[C@]12CCC3C(CCC4=C/C(=N\O)CC[C@@H]43)C1CC1(CC1)[C@@]21C=CC(=O)O1. The second-order valence-electron chi connectivity index (χ2n) is 10.5. The van der Waals surface area contributed by atoms with Gasteiger partial charge >= 0.3 is 5.97 Å². The molecule has 4 nitrogen and oxygen atoms in total. The molecule has 4 saturated carbocycles. The van der Waals surface area contributed by atoms with Crippen LogP contribution in [-0.4, -0.2) is 22.5 Å². The Kier molecular flexibility index (Phi) is 3.41. The standard InChI is InChI=1S/C24H31NO3/c1-2-23-9-7-18-17-6-4-16(25-27)13-15(17)3-5-19(18)20(23)14-22(11-12-22)24(23)10-8-21(26)28-24/h8,10,13,17-20,27H,2-7,9,11-12,14H2,1H3/b25-16-/t17-,18?,19?,20?,23-,24-/m0/s1. The Labute approximate surface area is 167 Å². The fourth-order valence-corrected chi connectivity index (χ4v) is 8.79. The number of rotatable bonds is 1. The van der Waals surface area contributed by atoms with E-state index in [1.165, 1.54) is 44.1 Å². The summed E-state index contributed by atoms with van der Waals surface area (Å²) < 4.78 is 6.26. The molecule has 0 aromatic carbocycles. The zero-order valence-electron chi connectivity index (χ0n) is 16.8. The third-order valence-corrected chi connectivity index (χ3v) is 9.99. The van der Waals surface area contributed by atoms with Crippen molar-refractivity contribution in [1.82, 2.24) is 0 Å². The van der Waals surface area contributed by atoms with E-state index in [9.17, 15) is 10.0 Å². The number of nitrogens with zero attached hydrogens (tertiary/aromatic N) is 1. The lowest BCUT2D eigenvalue weighted by Crippen LogP contribution is -2.55. The Morgan fingerprint density at radius 3 is 2.71 bits per heavy atom. The molecule has 5 aliphatic carbocycles. The van der Waals surface area contributed by atoms with Crippen LogP contribution in [0.25, 0.3) is 0 Å². The number of allylic oxidation sites excluding steroid dienone is 2. The Morgan fingerprint density at radius 2 is 2.04 bits per heavy atom. The summed E-state index contributed by atoms with van der Waals surface area (Å²) in [6, 6.07) is 0. The zero-order chi connectivity index (χ0) is 19.1. The minimum Gasteiger partial charge on any atom is -0.450 e. The first-order valence-electron chi connectivity index (χ1n) is 11.4. The molecule has 1 aliphatic heterocycles. The van der Waals surface area contributed by atoms with Crippen LogP contribution in [0.5, 0.6) is 0 Å². The molecule has 2 spiro atoms. The summed E-state index contributed by atoms with van der Waals surface area (Å²) in [5, 5.41) is 12.7. The normalized spacial score (nSPS) is 49.0. The van der Waals surface area contributed by atoms with Gasteiger partial charge in [0.05, 0.1) is 5.71 Å². The van der Waals surface area contributed by atoms with E-state index in [0.29, 0.717) is 11.8 Å². The lowest BCUT2D eigenvalue weighted by atomic mass is 9.49. The molecule has 6 aliphatic rings. The molecule has 1 heterocycles. The van der Waals surface area contributed by atoms with Crippen LogP contribution in [0, 0.1) is 34.5 Å². The number of ether oxygens (including phenoxy) is 1. The van der Waals surface area contributed by atoms with Crippen molar-refractivity contribution in [3.05, 3.63) is 23.8 Å². The molecule has 0 bridgehead atoms. The van der Waals surface area contributed by atoms with Gasteiger partial charge in [-0.05, 0) is 100 Å². The van der Waals surface area contributed by atoms with Crippen molar-refractivity contribution in [3.63, 3.8) is 0 Å². The van der Waals surface area contributed by atoms with Gasteiger partial charge in [0.1, 0.15) is 5.60 Å². The van der Waals surface area contributed by atoms with Crippen LogP contribution in [0.3, 0.4) is 0 Å². The average molecular weight is 382 g/mol. The van der Waals surface area contributed by atoms with Crippen LogP contribution >= 0.6 is 0 Å². The predicted molar refractivity (Wildman–Crippen MR) is 106 cm³/mol. The Balaban J connectivity index is 1.39. The molecule has 6 atom stereocenters. The van der Waals surface area contributed by atoms with Gasteiger partial charge in [-0.1, -0.05) is 17.7 Å². The highest BCUT2D eigenvalue weighted by Crippen LogP contribution is 2.79. The number of esters is 1. The summed E-state index contributed by atoms with van der Waals surface area (Å²) in [6.45, 7) is 2.34. The van der Waals surface area contributed by atoms with Crippen molar-refractivity contribution in [3.8, 4) is 0 Å². The predicted octanol–water partition coefficient (Wildman–Crippen LogP) is 5.02. The highest BCUT2D eigenvalue weighted by molar-refractivity contribution is 5.96. The van der Waals surface area contributed by atoms with Crippen LogP contribution < -0.4 is 0 Å². The van der Waals surface area contributed by atoms with Gasteiger partial charge in [0, 0.05) is 16.9 Å². The Hall–Kier alpha value is -1.58. The minimum absolute atomic E-state index is 0.112. The van der Waals surface area contributed by atoms with Crippen LogP contribution in [-0.2, 0) is 9.53 Å². The number of oxime groups is 1. The maximum Gasteiger partial charge on any atom is 0.331 e. The number of hydrogen-bond donors (Lipinski definition) is 1. The lowest BCUT2D eigenvalue weighted by Gasteiger charge is -2.56. The van der Waals surface area contributed by atoms with Gasteiger partial charge in [0.2, 0.25) is 0 Å². The largest absolute Gasteiger partial charge is 0.450 e. The fourth-order valence-electron chi connectivity index (χ4n) is 8.79. The second-order valence-corrected chi connectivity index (χ2v) is 10.5. The molecule has 0 aromatic heterocycles. The first-order valence-corrected chi connectivity index (χ1v) is 11.4. The van der Waals surface area contributed by atoms with E-state index in [1.54, 1.807) is 6.08 Å². The lowest BCUT2D eigenvalue weighted by molar-refractivity contribution is -0.172. The molecular weight excluding hydrogens is 350 g/mol. The molecule has 150 valence electrons. The summed E-state index contributed by atoms with van der Waals surface area (Å²) in [6.07, 6.45) is 17.8. The Bertz CT molecular complexity index is 822. The molecule has 4 heteroatoms. The van der Waals surface area contributed by atoms with Crippen molar-refractivity contribution in [1.29, 1.82) is 0 Å². The van der Waals surface area contributed by atoms with E-state index in [1.807, 2.05) is 0 Å². The van der Waals surface area contributed by atoms with Gasteiger partial charge in [-0.15, -0.1) is 0 Å². The van der Waals surface area contributed by atoms with Crippen molar-refractivity contribution < 1.29 is 14.7 Å². The summed E-state index contributed by atoms with van der Waals surface area (Å²) in [5.74, 6) is 2.76. The zero-order valence-corrected chi connectivity index (χ0v) is 16.8. The topological polar surface area (TPSA) is 58.9 Å². The van der Waals surface area contributed by atoms with Crippen molar-refractivity contribution in [2.24, 2.45) is 39.7 Å². The molecule has 0 radical (unpaired) electrons. The average Bonchev–Trinajstić information content (AvgIpc) is 3.34. The fraction of sp³-hybridized carbons (Fsp3) is 0.750. The van der Waals surface area contributed by atoms with E-state index in [-0.39, 0.29) is 22.4 Å². The number of carbonyl (C=O) groups is 1. The van der Waals surface area contributed by atoms with E-state index in [0.717, 1.165) is 43.2 Å². The maximum atomic E-state index is 12.2. The molecule has 4 fully saturated rings. The highest BCUT2D eigenvalue weighted by atomic mass is 16.6. The van der Waals surface area contributed by atoms with Crippen LogP contribution in [0.2, 0.25) is 0 Å². The summed E-state index contributed by atoms with van der Waals surface area (Å²) in [7, 11) is 0. The van der Waals surface area contributed by atoms with E-state index < -0.39 is 0 Å². The quantitative estimate of drug-likeness (QED) is 0.394. The van der Waals surface area contributed by atoms with Gasteiger partial charge in [-0.2, -0.15) is 0 Å². The second kappa shape index (κ2) is 5.52. The van der Waals surface area contributed by atoms with Gasteiger partial charge in [-0.3, -0.25) is 0 Å². The molecule has 0 aromatic rings. The smallest absolute Gasteiger partial charge is 0.331 e. The summed E-state index contributed by atoms with van der Waals surface area (Å²) >= 11 is 0. The summed E-state index contributed by atoms with van der Waals surface area (Å²) in [4.78, 5) is 12.2. The third-order valence-electron chi connectivity index (χ3n) is 9.99. The number of fused-ring (bicyclic) bond motifs is 7. The first-order chi connectivity index (χ1) is 13.6. The number of hydrogen-bond acceptors (Lipinski definition) is 4. The molecule has 3 unspecified atom stereocenters. The molecule has 0 saturated heterocycles. The molecular formula is C24H31NO3. The van der Waals surface area contributed by atoms with Gasteiger partial charge in [-0.25, -0.2) is 4.79 Å². The Morgan fingerprint density at radius 1 is 1.18 bits per heavy atom. The summed E-state index contributed by atoms with van der Waals surface area (Å²) in [5.41, 5.74) is 2.44. The van der Waals surface area contributed by atoms with Crippen molar-refractivity contribution in [2.45, 2.75) is 76.7 Å². The van der Waals surface area contributed by atoms with E-state index >= 15 is 0 Å². The molecule has 28 heavy (non-hydrogen) atoms.